The number of alkyl halides is 1. The van der Waals surface area contributed by atoms with Gasteiger partial charge in [-0.05, 0) is 43.1 Å². The van der Waals surface area contributed by atoms with Crippen LogP contribution in [0, 0.1) is 5.92 Å². The van der Waals surface area contributed by atoms with E-state index in [0.717, 1.165) is 0 Å². The van der Waals surface area contributed by atoms with E-state index in [4.69, 9.17) is 24.4 Å². The standard InChI is InChI=1S/C12H10N3O3P.C10H16FNO4/c13-14-15-19(16,17-11-7-3-1-4-8-11)18-12-9-5-2-6-10-12;1-2-16-10(15)12-4-3-7(5-9(13)14)8(11)6-12/h1-10H;7-8H,2-6H2,1H3,(H,13,14). The average molecular weight is 508 g/mol. The molecule has 0 saturated carbocycles. The second kappa shape index (κ2) is 13.8. The number of amides is 1. The molecular formula is C22H26FN4O7P. The molecule has 1 saturated heterocycles. The maximum atomic E-state index is 13.5. The van der Waals surface area contributed by atoms with Crippen molar-refractivity contribution in [3.05, 3.63) is 71.1 Å². The molecule has 0 radical (unpaired) electrons. The molecule has 0 aliphatic carbocycles. The number of azide groups is 1. The number of likely N-dealkylation sites (tertiary alicyclic amines) is 1. The molecule has 1 aliphatic heterocycles. The van der Waals surface area contributed by atoms with Gasteiger partial charge in [0.2, 0.25) is 0 Å². The lowest BCUT2D eigenvalue weighted by Crippen LogP contribution is -2.45. The number of carboxylic acid groups (broad SMARTS) is 1. The Morgan fingerprint density at radius 3 is 2.11 bits per heavy atom. The first-order valence-corrected chi connectivity index (χ1v) is 12.2. The first-order valence-electron chi connectivity index (χ1n) is 10.7. The van der Waals surface area contributed by atoms with Gasteiger partial charge in [-0.2, -0.15) is 0 Å². The van der Waals surface area contributed by atoms with Gasteiger partial charge in [0.05, 0.1) is 19.6 Å². The number of aliphatic carboxylic acids is 1. The van der Waals surface area contributed by atoms with Gasteiger partial charge in [-0.15, -0.1) is 0 Å². The van der Waals surface area contributed by atoms with E-state index in [1.165, 1.54) is 4.90 Å². The topological polar surface area (TPSA) is 151 Å². The predicted molar refractivity (Wildman–Crippen MR) is 125 cm³/mol. The lowest BCUT2D eigenvalue weighted by atomic mass is 9.92. The molecule has 11 nitrogen and oxygen atoms in total. The molecule has 3 rings (SSSR count). The summed E-state index contributed by atoms with van der Waals surface area (Å²) in [6, 6.07) is 16.8. The second-order valence-electron chi connectivity index (χ2n) is 7.26. The summed E-state index contributed by atoms with van der Waals surface area (Å²) in [5.74, 6) is -0.899. The Kier molecular flexibility index (Phi) is 10.9. The van der Waals surface area contributed by atoms with E-state index in [0.29, 0.717) is 24.5 Å². The largest absolute Gasteiger partial charge is 0.525 e. The molecule has 2 unspecified atom stereocenters. The SMILES string of the molecule is CCOC(=O)N1CCC(CC(=O)O)C(F)C1.[N-]=[N+]=NP(=O)(Oc1ccccc1)Oc1ccccc1. The summed E-state index contributed by atoms with van der Waals surface area (Å²) in [5.41, 5.74) is 8.48. The van der Waals surface area contributed by atoms with E-state index in [2.05, 4.69) is 9.80 Å². The van der Waals surface area contributed by atoms with Crippen LogP contribution in [-0.4, -0.2) is 47.9 Å². The first-order chi connectivity index (χ1) is 16.8. The highest BCUT2D eigenvalue weighted by atomic mass is 31.2. The normalized spacial score (nSPS) is 17.1. The molecule has 0 spiro atoms. The summed E-state index contributed by atoms with van der Waals surface area (Å²) < 4.78 is 40.9. The Bertz CT molecular complexity index is 1010. The van der Waals surface area contributed by atoms with Crippen molar-refractivity contribution in [2.75, 3.05) is 19.7 Å². The number of piperidine rings is 1. The maximum Gasteiger partial charge on any atom is 0.525 e. The molecule has 188 valence electrons. The van der Waals surface area contributed by atoms with Crippen LogP contribution in [0.1, 0.15) is 19.8 Å². The molecule has 0 aromatic heterocycles. The molecule has 13 heteroatoms. The summed E-state index contributed by atoms with van der Waals surface area (Å²) in [6.45, 7) is 2.22. The van der Waals surface area contributed by atoms with Crippen molar-refractivity contribution in [2.45, 2.75) is 25.9 Å². The zero-order chi connectivity index (χ0) is 25.7. The Morgan fingerprint density at radius 2 is 1.69 bits per heavy atom. The van der Waals surface area contributed by atoms with Crippen LogP contribution in [0.4, 0.5) is 9.18 Å². The van der Waals surface area contributed by atoms with E-state index < -0.39 is 31.9 Å². The Balaban J connectivity index is 0.000000251. The third-order valence-corrected chi connectivity index (χ3v) is 5.90. The van der Waals surface area contributed by atoms with Crippen LogP contribution in [-0.2, 0) is 14.1 Å². The molecule has 2 aromatic rings. The number of hydrogen-bond donors (Lipinski definition) is 1. The van der Waals surface area contributed by atoms with Gasteiger partial charge >= 0.3 is 19.8 Å². The predicted octanol–water partition coefficient (Wildman–Crippen LogP) is 5.84. The average Bonchev–Trinajstić information content (AvgIpc) is 2.82. The number of benzene rings is 2. The minimum absolute atomic E-state index is 0.0726. The van der Waals surface area contributed by atoms with Crippen molar-refractivity contribution < 1.29 is 37.4 Å². The third kappa shape index (κ3) is 9.56. The van der Waals surface area contributed by atoms with Crippen LogP contribution in [0.5, 0.6) is 11.5 Å². The van der Waals surface area contributed by atoms with Crippen molar-refractivity contribution in [3.63, 3.8) is 0 Å². The van der Waals surface area contributed by atoms with E-state index >= 15 is 0 Å². The number of hydrogen-bond acceptors (Lipinski definition) is 6. The molecule has 2 atom stereocenters. The van der Waals surface area contributed by atoms with Crippen LogP contribution in [0.3, 0.4) is 0 Å². The van der Waals surface area contributed by atoms with Crippen molar-refractivity contribution in [2.24, 2.45) is 10.8 Å². The molecule has 0 bridgehead atoms. The fourth-order valence-electron chi connectivity index (χ4n) is 3.12. The van der Waals surface area contributed by atoms with Gasteiger partial charge in [0, 0.05) is 22.3 Å². The van der Waals surface area contributed by atoms with Gasteiger partial charge in [-0.1, -0.05) is 36.4 Å². The van der Waals surface area contributed by atoms with Crippen molar-refractivity contribution in [1.29, 1.82) is 0 Å². The van der Waals surface area contributed by atoms with E-state index in [1.807, 2.05) is 0 Å². The summed E-state index contributed by atoms with van der Waals surface area (Å²) >= 11 is 0. The van der Waals surface area contributed by atoms with Crippen molar-refractivity contribution in [3.8, 4) is 11.5 Å². The van der Waals surface area contributed by atoms with Gasteiger partial charge in [-0.3, -0.25) is 4.79 Å². The first kappa shape index (κ1) is 27.5. The summed E-state index contributed by atoms with van der Waals surface area (Å²) in [5, 5.41) is 8.57. The number of carbonyl (C=O) groups excluding carboxylic acids is 1. The fraction of sp³-hybridized carbons (Fsp3) is 0.364. The highest BCUT2D eigenvalue weighted by molar-refractivity contribution is 7.53. The smallest absolute Gasteiger partial charge is 0.481 e. The summed E-state index contributed by atoms with van der Waals surface area (Å²) in [7, 11) is -3.95. The van der Waals surface area contributed by atoms with E-state index in [-0.39, 0.29) is 19.6 Å². The summed E-state index contributed by atoms with van der Waals surface area (Å²) in [4.78, 5) is 28.7. The number of halogens is 1. The van der Waals surface area contributed by atoms with Crippen LogP contribution >= 0.6 is 7.75 Å². The Hall–Kier alpha value is -3.75. The van der Waals surface area contributed by atoms with Gasteiger partial charge in [0.25, 0.3) is 0 Å². The minimum Gasteiger partial charge on any atom is -0.481 e. The molecule has 1 N–H and O–H groups in total. The summed E-state index contributed by atoms with van der Waals surface area (Å²) in [6.07, 6.45) is -1.63. The minimum atomic E-state index is -3.95. The monoisotopic (exact) mass is 508 g/mol. The van der Waals surface area contributed by atoms with Crippen LogP contribution in [0.25, 0.3) is 10.4 Å². The van der Waals surface area contributed by atoms with Crippen LogP contribution < -0.4 is 9.05 Å². The van der Waals surface area contributed by atoms with Gasteiger partial charge in [0.15, 0.2) is 0 Å². The van der Waals surface area contributed by atoms with Gasteiger partial charge in [-0.25, -0.2) is 13.8 Å². The molecule has 2 aromatic carbocycles. The molecular weight excluding hydrogens is 482 g/mol. The van der Waals surface area contributed by atoms with Crippen LogP contribution in [0.2, 0.25) is 0 Å². The number of para-hydroxylation sites is 2. The lowest BCUT2D eigenvalue weighted by molar-refractivity contribution is -0.139. The third-order valence-electron chi connectivity index (χ3n) is 4.72. The van der Waals surface area contributed by atoms with E-state index in [9.17, 15) is 18.5 Å². The lowest BCUT2D eigenvalue weighted by Gasteiger charge is -2.33. The number of nitrogens with zero attached hydrogens (tertiary/aromatic N) is 4. The fourth-order valence-corrected chi connectivity index (χ4v) is 4.11. The van der Waals surface area contributed by atoms with Crippen LogP contribution in [0.15, 0.2) is 65.5 Å². The van der Waals surface area contributed by atoms with Crippen molar-refractivity contribution in [1.82, 2.24) is 4.90 Å². The number of carboxylic acids is 1. The molecule has 35 heavy (non-hydrogen) atoms. The number of rotatable bonds is 8. The number of carbonyl (C=O) groups is 2. The highest BCUT2D eigenvalue weighted by Crippen LogP contribution is 2.49. The molecule has 1 amide bonds. The maximum absolute atomic E-state index is 13.5. The number of ether oxygens (including phenoxy) is 1. The van der Waals surface area contributed by atoms with Crippen molar-refractivity contribution >= 4 is 19.8 Å². The second-order valence-corrected chi connectivity index (χ2v) is 8.74. The zero-order valence-electron chi connectivity index (χ0n) is 19.0. The quantitative estimate of drug-likeness (QED) is 0.203. The Morgan fingerprint density at radius 1 is 1.14 bits per heavy atom. The molecule has 1 aliphatic rings. The molecule has 1 fully saturated rings. The van der Waals surface area contributed by atoms with Gasteiger partial charge in [0.1, 0.15) is 17.7 Å². The highest BCUT2D eigenvalue weighted by Gasteiger charge is 2.33. The zero-order valence-corrected chi connectivity index (χ0v) is 19.9. The molecule has 1 heterocycles. The van der Waals surface area contributed by atoms with Gasteiger partial charge < -0.3 is 23.8 Å². The van der Waals surface area contributed by atoms with E-state index in [1.54, 1.807) is 67.6 Å². The Labute approximate surface area is 201 Å².